The zero-order valence-corrected chi connectivity index (χ0v) is 40.7. The van der Waals surface area contributed by atoms with Crippen molar-refractivity contribution in [3.05, 3.63) is 85.1 Å². The van der Waals surface area contributed by atoms with Gasteiger partial charge in [-0.25, -0.2) is 9.36 Å². The highest BCUT2D eigenvalue weighted by atomic mass is 31.2. The number of ether oxygens (including phenoxy) is 1. The molecule has 366 valence electrons. The van der Waals surface area contributed by atoms with E-state index in [4.69, 9.17) is 13.8 Å². The van der Waals surface area contributed by atoms with Crippen molar-refractivity contribution in [1.82, 2.24) is 5.32 Å². The second-order valence-corrected chi connectivity index (χ2v) is 17.7. The molecule has 4 N–H and O–H groups in total. The van der Waals surface area contributed by atoms with E-state index in [9.17, 15) is 34.1 Å². The van der Waals surface area contributed by atoms with Crippen LogP contribution in [0, 0.1) is 0 Å². The van der Waals surface area contributed by atoms with Gasteiger partial charge in [0.25, 0.3) is 0 Å². The van der Waals surface area contributed by atoms with Crippen molar-refractivity contribution in [1.29, 1.82) is 0 Å². The molecule has 1 amide bonds. The summed E-state index contributed by atoms with van der Waals surface area (Å²) in [6.07, 6.45) is 57.5. The van der Waals surface area contributed by atoms with Crippen LogP contribution in [-0.2, 0) is 32.7 Å². The number of rotatable bonds is 45. The number of phosphoric ester groups is 1. The summed E-state index contributed by atoms with van der Waals surface area (Å²) < 4.78 is 26.9. The van der Waals surface area contributed by atoms with Gasteiger partial charge in [-0.2, -0.15) is 0 Å². The molecule has 0 fully saturated rings. The maximum absolute atomic E-state index is 12.3. The Morgan fingerprint density at radius 2 is 0.906 bits per heavy atom. The van der Waals surface area contributed by atoms with Crippen LogP contribution in [0.2, 0.25) is 0 Å². The van der Waals surface area contributed by atoms with Gasteiger partial charge in [0, 0.05) is 12.8 Å². The fourth-order valence-electron chi connectivity index (χ4n) is 6.42. The van der Waals surface area contributed by atoms with Crippen molar-refractivity contribution in [2.45, 2.75) is 206 Å². The van der Waals surface area contributed by atoms with Gasteiger partial charge in [0.15, 0.2) is 6.04 Å². The minimum absolute atomic E-state index is 0.140. The number of unbranched alkanes of at least 4 members (excludes halogenated alkanes) is 17. The topological polar surface area (TPSA) is 169 Å². The Kier molecular flexibility index (Phi) is 43.8. The van der Waals surface area contributed by atoms with Crippen LogP contribution in [0.1, 0.15) is 194 Å². The third kappa shape index (κ3) is 45.2. The molecular weight excluding hydrogens is 830 g/mol. The van der Waals surface area contributed by atoms with E-state index in [1.807, 2.05) is 12.2 Å². The summed E-state index contributed by atoms with van der Waals surface area (Å²) in [5, 5.41) is 21.9. The highest BCUT2D eigenvalue weighted by Crippen LogP contribution is 2.43. The maximum Gasteiger partial charge on any atom is 0.472 e. The number of carboxylic acid groups (broad SMARTS) is 1. The molecule has 0 aromatic heterocycles. The molecule has 0 aromatic rings. The number of carbonyl (C=O) groups is 3. The van der Waals surface area contributed by atoms with Crippen LogP contribution in [0.3, 0.4) is 0 Å². The molecule has 0 bridgehead atoms. The lowest BCUT2D eigenvalue weighted by atomic mass is 10.0. The second-order valence-electron chi connectivity index (χ2n) is 16.3. The first kappa shape index (κ1) is 60.7. The van der Waals surface area contributed by atoms with E-state index >= 15 is 0 Å². The van der Waals surface area contributed by atoms with Gasteiger partial charge in [0.2, 0.25) is 5.91 Å². The minimum atomic E-state index is -4.78. The number of phosphoric acid groups is 1. The Morgan fingerprint density at radius 3 is 1.33 bits per heavy atom. The summed E-state index contributed by atoms with van der Waals surface area (Å²) in [5.41, 5.74) is 0. The summed E-state index contributed by atoms with van der Waals surface area (Å²) in [7, 11) is -4.78. The Labute approximate surface area is 388 Å². The summed E-state index contributed by atoms with van der Waals surface area (Å²) in [4.78, 5) is 46.0. The van der Waals surface area contributed by atoms with Crippen molar-refractivity contribution < 1.29 is 47.8 Å². The van der Waals surface area contributed by atoms with E-state index in [-0.39, 0.29) is 12.8 Å². The summed E-state index contributed by atoms with van der Waals surface area (Å²) in [6.45, 7) is 2.43. The lowest BCUT2D eigenvalue weighted by Gasteiger charge is -2.18. The van der Waals surface area contributed by atoms with Crippen molar-refractivity contribution in [3.63, 3.8) is 0 Å². The number of esters is 1. The predicted molar refractivity (Wildman–Crippen MR) is 263 cm³/mol. The average Bonchev–Trinajstić information content (AvgIpc) is 3.27. The zero-order chi connectivity index (χ0) is 47.0. The molecule has 0 spiro atoms. The van der Waals surface area contributed by atoms with Crippen LogP contribution in [0.15, 0.2) is 85.1 Å². The van der Waals surface area contributed by atoms with E-state index in [2.05, 4.69) is 92.1 Å². The molecule has 0 rings (SSSR count). The lowest BCUT2D eigenvalue weighted by molar-refractivity contribution is -0.147. The number of aliphatic carboxylic acids is 1. The number of amides is 1. The van der Waals surface area contributed by atoms with Gasteiger partial charge in [-0.1, -0.05) is 202 Å². The number of hydrogen-bond donors (Lipinski definition) is 4. The molecule has 0 aromatic carbocycles. The fraction of sp³-hybridized carbons (Fsp3) is 0.673. The molecule has 3 unspecified atom stereocenters. The summed E-state index contributed by atoms with van der Waals surface area (Å²) in [5.74, 6) is -2.44. The normalized spacial score (nSPS) is 14.3. The van der Waals surface area contributed by atoms with Gasteiger partial charge in [0.1, 0.15) is 12.7 Å². The molecule has 0 aliphatic rings. The average molecular weight is 918 g/mol. The molecule has 0 radical (unpaired) electrons. The highest BCUT2D eigenvalue weighted by Gasteiger charge is 2.28. The van der Waals surface area contributed by atoms with E-state index < -0.39 is 57.6 Å². The number of hydrogen-bond acceptors (Lipinski definition) is 8. The Morgan fingerprint density at radius 1 is 0.516 bits per heavy atom. The van der Waals surface area contributed by atoms with Gasteiger partial charge in [-0.05, 0) is 64.2 Å². The van der Waals surface area contributed by atoms with Crippen LogP contribution in [0.4, 0.5) is 0 Å². The monoisotopic (exact) mass is 918 g/mol. The van der Waals surface area contributed by atoms with Gasteiger partial charge in [-0.15, -0.1) is 0 Å². The Hall–Kier alpha value is -3.34. The quantitative estimate of drug-likeness (QED) is 0.0200. The van der Waals surface area contributed by atoms with E-state index in [0.717, 1.165) is 64.2 Å². The number of carbonyl (C=O) groups excluding carboxylic acids is 2. The van der Waals surface area contributed by atoms with Crippen LogP contribution in [0.5, 0.6) is 0 Å². The molecule has 0 aliphatic carbocycles. The molecule has 11 nitrogen and oxygen atoms in total. The molecule has 3 atom stereocenters. The number of aliphatic hydroxyl groups is 1. The van der Waals surface area contributed by atoms with Crippen molar-refractivity contribution in [2.75, 3.05) is 19.8 Å². The summed E-state index contributed by atoms with van der Waals surface area (Å²) >= 11 is 0. The van der Waals surface area contributed by atoms with Gasteiger partial charge >= 0.3 is 19.8 Å². The third-order valence-corrected chi connectivity index (χ3v) is 11.1. The first-order valence-corrected chi connectivity index (χ1v) is 26.1. The third-order valence-electron chi connectivity index (χ3n) is 10.2. The zero-order valence-electron chi connectivity index (χ0n) is 39.8. The van der Waals surface area contributed by atoms with E-state index in [1.165, 1.54) is 83.5 Å². The van der Waals surface area contributed by atoms with Gasteiger partial charge in [-0.3, -0.25) is 18.6 Å². The van der Waals surface area contributed by atoms with E-state index in [1.54, 1.807) is 0 Å². The number of aliphatic hydroxyl groups excluding tert-OH is 1. The Bertz CT molecular complexity index is 1400. The van der Waals surface area contributed by atoms with Crippen molar-refractivity contribution in [2.24, 2.45) is 0 Å². The highest BCUT2D eigenvalue weighted by molar-refractivity contribution is 7.47. The molecule has 0 saturated heterocycles. The molecule has 0 saturated carbocycles. The van der Waals surface area contributed by atoms with Crippen LogP contribution in [0.25, 0.3) is 0 Å². The Balaban J connectivity index is 3.95. The van der Waals surface area contributed by atoms with Crippen LogP contribution < -0.4 is 5.32 Å². The van der Waals surface area contributed by atoms with Crippen molar-refractivity contribution >= 4 is 25.7 Å². The number of nitrogens with one attached hydrogen (secondary N) is 1. The standard InChI is InChI=1S/C52H88NO10P/c1-3-5-7-9-11-13-15-17-19-21-22-23-24-25-26-28-30-32-34-36-38-40-42-44-51(56)61-45-48(54)46-62-64(59,60)63-47-49(52(57)58)53-50(55)43-41-39-37-35-33-31-29-27-20-18-16-14-12-10-8-6-4-2/h5,7,11,13,17,19,22-23,25-26,30,32,36,38,48-49,54H,3-4,6,8-10,12,14-16,18,20-21,24,27-29,31,33-35,37,39-47H2,1-2H3,(H,53,55)(H,57,58)(H,59,60)/b7-5-,13-11-,19-17-,23-22-,26-25-,32-30-,38-36-. The van der Waals surface area contributed by atoms with Crippen LogP contribution >= 0.6 is 7.82 Å². The second kappa shape index (κ2) is 46.2. The first-order valence-electron chi connectivity index (χ1n) is 24.6. The number of carboxylic acids is 1. The lowest BCUT2D eigenvalue weighted by Crippen LogP contribution is -2.43. The predicted octanol–water partition coefficient (Wildman–Crippen LogP) is 13.4. The first-order chi connectivity index (χ1) is 31.1. The molecule has 0 aliphatic heterocycles. The smallest absolute Gasteiger partial charge is 0.472 e. The fourth-order valence-corrected chi connectivity index (χ4v) is 7.19. The molecular formula is C52H88NO10P. The van der Waals surface area contributed by atoms with E-state index in [0.29, 0.717) is 19.3 Å². The van der Waals surface area contributed by atoms with Crippen molar-refractivity contribution in [3.8, 4) is 0 Å². The van der Waals surface area contributed by atoms with Crippen LogP contribution in [-0.4, -0.2) is 64.9 Å². The number of allylic oxidation sites excluding steroid dienone is 14. The van der Waals surface area contributed by atoms with Gasteiger partial charge < -0.3 is 25.2 Å². The maximum atomic E-state index is 12.3. The minimum Gasteiger partial charge on any atom is -0.480 e. The summed E-state index contributed by atoms with van der Waals surface area (Å²) in [6, 6.07) is -1.56. The SMILES string of the molecule is CC/C=C\C/C=C\C/C=C\C/C=C\C/C=C\C/C=C\C/C=C\CCCC(=O)OCC(O)COP(=O)(O)OCC(NC(=O)CCCCCCCCCCCCCCCCCCC)C(=O)O. The van der Waals surface area contributed by atoms with Gasteiger partial charge in [0.05, 0.1) is 13.2 Å². The largest absolute Gasteiger partial charge is 0.480 e. The molecule has 0 heterocycles. The molecule has 12 heteroatoms. The molecule has 64 heavy (non-hydrogen) atoms.